The number of rotatable bonds is 4. The summed E-state index contributed by atoms with van der Waals surface area (Å²) in [7, 11) is 0. The first-order valence-electron chi connectivity index (χ1n) is 8.27. The van der Waals surface area contributed by atoms with Gasteiger partial charge in [0.05, 0.1) is 10.2 Å². The third kappa shape index (κ3) is 3.05. The van der Waals surface area contributed by atoms with Gasteiger partial charge in [-0.25, -0.2) is 9.97 Å². The van der Waals surface area contributed by atoms with E-state index in [0.29, 0.717) is 0 Å². The summed E-state index contributed by atoms with van der Waals surface area (Å²) >= 11 is 1.78. The largest absolute Gasteiger partial charge is 0.362 e. The molecule has 0 spiro atoms. The van der Waals surface area contributed by atoms with E-state index in [9.17, 15) is 0 Å². The van der Waals surface area contributed by atoms with Gasteiger partial charge < -0.3 is 10.6 Å². The lowest BCUT2D eigenvalue weighted by atomic mass is 10.1. The van der Waals surface area contributed by atoms with E-state index in [4.69, 9.17) is 0 Å². The molecule has 3 aromatic rings. The first kappa shape index (κ1) is 15.3. The van der Waals surface area contributed by atoms with Gasteiger partial charge in [-0.1, -0.05) is 36.4 Å². The second-order valence-corrected chi connectivity index (χ2v) is 7.06. The van der Waals surface area contributed by atoms with Crippen molar-refractivity contribution in [2.75, 3.05) is 18.4 Å². The predicted octanol–water partition coefficient (Wildman–Crippen LogP) is 4.24. The third-order valence-corrected chi connectivity index (χ3v) is 5.55. The third-order valence-electron chi connectivity index (χ3n) is 4.34. The summed E-state index contributed by atoms with van der Waals surface area (Å²) < 4.78 is 1.13. The van der Waals surface area contributed by atoms with Crippen LogP contribution >= 0.6 is 11.3 Å². The predicted molar refractivity (Wildman–Crippen MR) is 101 cm³/mol. The monoisotopic (exact) mass is 336 g/mol. The summed E-state index contributed by atoms with van der Waals surface area (Å²) in [4.78, 5) is 10.2. The van der Waals surface area contributed by atoms with E-state index in [-0.39, 0.29) is 6.04 Å². The Balaban J connectivity index is 1.66. The highest BCUT2D eigenvalue weighted by Gasteiger charge is 2.14. The van der Waals surface area contributed by atoms with Gasteiger partial charge in [0.25, 0.3) is 0 Å². The van der Waals surface area contributed by atoms with Gasteiger partial charge in [-0.15, -0.1) is 11.3 Å². The molecule has 0 saturated heterocycles. The molecule has 0 aliphatic carbocycles. The van der Waals surface area contributed by atoms with Gasteiger partial charge in [-0.2, -0.15) is 0 Å². The van der Waals surface area contributed by atoms with Crippen molar-refractivity contribution in [2.24, 2.45) is 0 Å². The lowest BCUT2D eigenvalue weighted by molar-refractivity contribution is 0.739. The fraction of sp³-hybridized carbons (Fsp3) is 0.263. The number of aromatic nitrogens is 2. The second kappa shape index (κ2) is 6.71. The van der Waals surface area contributed by atoms with Gasteiger partial charge in [-0.3, -0.25) is 0 Å². The zero-order valence-electron chi connectivity index (χ0n) is 13.6. The smallest absolute Gasteiger partial charge is 0.147 e. The van der Waals surface area contributed by atoms with Crippen molar-refractivity contribution >= 4 is 32.9 Å². The van der Waals surface area contributed by atoms with E-state index < -0.39 is 0 Å². The summed E-state index contributed by atoms with van der Waals surface area (Å²) in [6, 6.07) is 12.8. The molecule has 1 aliphatic rings. The highest BCUT2D eigenvalue weighted by atomic mass is 32.1. The summed E-state index contributed by atoms with van der Waals surface area (Å²) in [5.74, 6) is 0.919. The maximum atomic E-state index is 4.49. The molecule has 24 heavy (non-hydrogen) atoms. The van der Waals surface area contributed by atoms with Crippen LogP contribution in [0.2, 0.25) is 0 Å². The maximum Gasteiger partial charge on any atom is 0.147 e. The van der Waals surface area contributed by atoms with E-state index in [1.54, 1.807) is 17.7 Å². The van der Waals surface area contributed by atoms with Crippen LogP contribution in [0.15, 0.2) is 48.8 Å². The Labute approximate surface area is 145 Å². The molecule has 0 amide bonds. The first-order valence-corrected chi connectivity index (χ1v) is 9.09. The molecule has 0 fully saturated rings. The van der Waals surface area contributed by atoms with E-state index in [1.165, 1.54) is 16.0 Å². The van der Waals surface area contributed by atoms with Crippen molar-refractivity contribution in [1.82, 2.24) is 15.3 Å². The molecule has 0 saturated carbocycles. The fourth-order valence-corrected chi connectivity index (χ4v) is 4.12. The molecule has 2 N–H and O–H groups in total. The molecule has 1 atom stereocenters. The number of thiophene rings is 1. The van der Waals surface area contributed by atoms with Crippen LogP contribution in [0.1, 0.15) is 29.8 Å². The van der Waals surface area contributed by atoms with Crippen LogP contribution in [0.25, 0.3) is 15.8 Å². The van der Waals surface area contributed by atoms with Crippen molar-refractivity contribution in [1.29, 1.82) is 0 Å². The molecule has 1 aromatic carbocycles. The van der Waals surface area contributed by atoms with Crippen LogP contribution in [0.3, 0.4) is 0 Å². The van der Waals surface area contributed by atoms with Gasteiger partial charge in [0.1, 0.15) is 12.1 Å². The van der Waals surface area contributed by atoms with Crippen LogP contribution in [-0.4, -0.2) is 23.1 Å². The Bertz CT molecular complexity index is 869. The van der Waals surface area contributed by atoms with Crippen molar-refractivity contribution in [3.63, 3.8) is 0 Å². The molecular weight excluding hydrogens is 316 g/mol. The van der Waals surface area contributed by atoms with Crippen LogP contribution in [0, 0.1) is 0 Å². The Hall–Kier alpha value is -2.24. The number of nitrogens with one attached hydrogen (secondary N) is 2. The molecule has 1 unspecified atom stereocenters. The van der Waals surface area contributed by atoms with Crippen LogP contribution in [0.4, 0.5) is 5.82 Å². The zero-order valence-corrected chi connectivity index (χ0v) is 14.4. The number of nitrogens with zero attached hydrogens (tertiary/aromatic N) is 2. The SMILES string of the molecule is CC(Nc1ncnc2cc(C3=CCNCC3)sc12)c1ccccc1. The minimum atomic E-state index is 0.202. The average Bonchev–Trinajstić information content (AvgIpc) is 3.08. The number of fused-ring (bicyclic) bond motifs is 1. The molecular formula is C19H20N4S. The fourth-order valence-electron chi connectivity index (χ4n) is 2.99. The molecule has 5 heteroatoms. The maximum absolute atomic E-state index is 4.49. The van der Waals surface area contributed by atoms with Crippen molar-refractivity contribution < 1.29 is 0 Å². The van der Waals surface area contributed by atoms with Gasteiger partial charge in [0.15, 0.2) is 0 Å². The molecule has 0 radical (unpaired) electrons. The standard InChI is InChI=1S/C19H20N4S/c1-13(14-5-3-2-4-6-14)23-19-18-16(21-12-22-19)11-17(24-18)15-7-9-20-10-8-15/h2-7,11-13,20H,8-10H2,1H3,(H,21,22,23). The van der Waals surface area contributed by atoms with Crippen molar-refractivity contribution in [3.8, 4) is 0 Å². The van der Waals surface area contributed by atoms with Gasteiger partial charge in [0.2, 0.25) is 0 Å². The molecule has 122 valence electrons. The second-order valence-electron chi connectivity index (χ2n) is 6.01. The average molecular weight is 336 g/mol. The summed E-state index contributed by atoms with van der Waals surface area (Å²) in [6.07, 6.45) is 5.00. The van der Waals surface area contributed by atoms with E-state index in [0.717, 1.165) is 35.5 Å². The zero-order chi connectivity index (χ0) is 16.4. The lowest BCUT2D eigenvalue weighted by Gasteiger charge is -2.15. The molecule has 0 bridgehead atoms. The number of benzene rings is 1. The quantitative estimate of drug-likeness (QED) is 0.748. The van der Waals surface area contributed by atoms with E-state index in [2.05, 4.69) is 63.9 Å². The Morgan fingerprint density at radius 3 is 2.88 bits per heavy atom. The van der Waals surface area contributed by atoms with Gasteiger partial charge in [-0.05, 0) is 37.1 Å². The van der Waals surface area contributed by atoms with Crippen LogP contribution < -0.4 is 10.6 Å². The number of hydrogen-bond acceptors (Lipinski definition) is 5. The Kier molecular flexibility index (Phi) is 4.28. The molecule has 3 heterocycles. The molecule has 2 aromatic heterocycles. The minimum Gasteiger partial charge on any atom is -0.362 e. The normalized spacial score (nSPS) is 16.0. The van der Waals surface area contributed by atoms with E-state index >= 15 is 0 Å². The van der Waals surface area contributed by atoms with Crippen LogP contribution in [0.5, 0.6) is 0 Å². The summed E-state index contributed by atoms with van der Waals surface area (Å²) in [6.45, 7) is 4.15. The van der Waals surface area contributed by atoms with Gasteiger partial charge in [0, 0.05) is 17.5 Å². The number of hydrogen-bond donors (Lipinski definition) is 2. The minimum absolute atomic E-state index is 0.202. The highest BCUT2D eigenvalue weighted by Crippen LogP contribution is 2.35. The first-order chi connectivity index (χ1) is 11.8. The molecule has 4 nitrogen and oxygen atoms in total. The highest BCUT2D eigenvalue weighted by molar-refractivity contribution is 7.20. The summed E-state index contributed by atoms with van der Waals surface area (Å²) in [5, 5.41) is 6.91. The van der Waals surface area contributed by atoms with Crippen LogP contribution in [-0.2, 0) is 0 Å². The Morgan fingerprint density at radius 1 is 1.21 bits per heavy atom. The molecule has 1 aliphatic heterocycles. The van der Waals surface area contributed by atoms with Crippen molar-refractivity contribution in [3.05, 3.63) is 59.2 Å². The molecule has 4 rings (SSSR count). The van der Waals surface area contributed by atoms with E-state index in [1.807, 2.05) is 6.07 Å². The number of anilines is 1. The van der Waals surface area contributed by atoms with Crippen molar-refractivity contribution in [2.45, 2.75) is 19.4 Å². The lowest BCUT2D eigenvalue weighted by Crippen LogP contribution is -2.19. The van der Waals surface area contributed by atoms with Gasteiger partial charge >= 0.3 is 0 Å². The summed E-state index contributed by atoms with van der Waals surface area (Å²) in [5.41, 5.74) is 3.69. The topological polar surface area (TPSA) is 49.8 Å². The Morgan fingerprint density at radius 2 is 2.08 bits per heavy atom.